The van der Waals surface area contributed by atoms with Gasteiger partial charge in [-0.3, -0.25) is 0 Å². The predicted molar refractivity (Wildman–Crippen MR) is 54.3 cm³/mol. The van der Waals surface area contributed by atoms with Gasteiger partial charge < -0.3 is 10.2 Å². The van der Waals surface area contributed by atoms with Crippen molar-refractivity contribution in [3.63, 3.8) is 0 Å². The van der Waals surface area contributed by atoms with Gasteiger partial charge in [0.05, 0.1) is 12.0 Å². The standard InChI is InChI=1S/C11H10N2O/c1-2-4-10-9(3-1)11-8(5-6-14-10)7-12-13-11/h1-6,12-13H,7H2. The van der Waals surface area contributed by atoms with Gasteiger partial charge in [-0.2, -0.15) is 0 Å². The minimum Gasteiger partial charge on any atom is -0.464 e. The van der Waals surface area contributed by atoms with Gasteiger partial charge in [0, 0.05) is 12.1 Å². The number of nitrogens with one attached hydrogen (secondary N) is 2. The number of hydrogen-bond donors (Lipinski definition) is 2. The molecule has 0 aromatic heterocycles. The Morgan fingerprint density at radius 2 is 2.14 bits per heavy atom. The maximum absolute atomic E-state index is 5.49. The summed E-state index contributed by atoms with van der Waals surface area (Å²) in [4.78, 5) is 0. The Bertz CT molecular complexity index is 435. The van der Waals surface area contributed by atoms with E-state index in [9.17, 15) is 0 Å². The molecule has 0 spiro atoms. The fourth-order valence-electron chi connectivity index (χ4n) is 1.74. The highest BCUT2D eigenvalue weighted by Crippen LogP contribution is 2.30. The molecule has 2 aliphatic heterocycles. The van der Waals surface area contributed by atoms with Crippen molar-refractivity contribution in [1.29, 1.82) is 0 Å². The minimum atomic E-state index is 0.837. The number of para-hydroxylation sites is 1. The first-order valence-corrected chi connectivity index (χ1v) is 4.60. The number of rotatable bonds is 0. The van der Waals surface area contributed by atoms with Gasteiger partial charge in [0.1, 0.15) is 5.75 Å². The Morgan fingerprint density at radius 3 is 3.14 bits per heavy atom. The Labute approximate surface area is 82.0 Å². The lowest BCUT2D eigenvalue weighted by atomic mass is 10.1. The van der Waals surface area contributed by atoms with Gasteiger partial charge in [0.25, 0.3) is 0 Å². The van der Waals surface area contributed by atoms with E-state index in [0.29, 0.717) is 0 Å². The van der Waals surface area contributed by atoms with Crippen molar-refractivity contribution in [2.24, 2.45) is 0 Å². The van der Waals surface area contributed by atoms with E-state index >= 15 is 0 Å². The van der Waals surface area contributed by atoms with Crippen LogP contribution in [0.3, 0.4) is 0 Å². The summed E-state index contributed by atoms with van der Waals surface area (Å²) >= 11 is 0. The van der Waals surface area contributed by atoms with E-state index in [4.69, 9.17) is 4.74 Å². The first kappa shape index (κ1) is 7.64. The van der Waals surface area contributed by atoms with Gasteiger partial charge in [-0.25, -0.2) is 5.43 Å². The molecular weight excluding hydrogens is 176 g/mol. The van der Waals surface area contributed by atoms with Crippen molar-refractivity contribution < 1.29 is 4.74 Å². The van der Waals surface area contributed by atoms with Crippen molar-refractivity contribution in [3.05, 3.63) is 47.7 Å². The Kier molecular flexibility index (Phi) is 1.58. The van der Waals surface area contributed by atoms with Gasteiger partial charge >= 0.3 is 0 Å². The molecule has 0 radical (unpaired) electrons. The summed E-state index contributed by atoms with van der Waals surface area (Å²) in [5.74, 6) is 0.893. The highest BCUT2D eigenvalue weighted by molar-refractivity contribution is 5.75. The van der Waals surface area contributed by atoms with Crippen LogP contribution in [0.25, 0.3) is 5.70 Å². The van der Waals surface area contributed by atoms with E-state index in [1.807, 2.05) is 24.3 Å². The lowest BCUT2D eigenvalue weighted by Crippen LogP contribution is -2.23. The Balaban J connectivity index is 2.22. The average Bonchev–Trinajstić information content (AvgIpc) is 2.61. The van der Waals surface area contributed by atoms with Gasteiger partial charge in [0.15, 0.2) is 0 Å². The molecule has 2 aliphatic rings. The second-order valence-corrected chi connectivity index (χ2v) is 3.30. The van der Waals surface area contributed by atoms with Crippen LogP contribution in [-0.4, -0.2) is 6.54 Å². The van der Waals surface area contributed by atoms with Gasteiger partial charge in [0.2, 0.25) is 0 Å². The normalized spacial score (nSPS) is 18.0. The van der Waals surface area contributed by atoms with Crippen molar-refractivity contribution in [3.8, 4) is 5.75 Å². The second-order valence-electron chi connectivity index (χ2n) is 3.30. The molecule has 3 nitrogen and oxygen atoms in total. The maximum atomic E-state index is 5.49. The zero-order valence-electron chi connectivity index (χ0n) is 7.58. The highest BCUT2D eigenvalue weighted by atomic mass is 16.5. The molecule has 0 unspecified atom stereocenters. The first-order valence-electron chi connectivity index (χ1n) is 4.60. The molecule has 0 aliphatic carbocycles. The number of fused-ring (bicyclic) bond motifs is 2. The fourth-order valence-corrected chi connectivity index (χ4v) is 1.74. The summed E-state index contributed by atoms with van der Waals surface area (Å²) in [6, 6.07) is 8.01. The van der Waals surface area contributed by atoms with Crippen molar-refractivity contribution in [1.82, 2.24) is 10.9 Å². The van der Waals surface area contributed by atoms with Crippen LogP contribution in [0, 0.1) is 0 Å². The summed E-state index contributed by atoms with van der Waals surface area (Å²) in [5, 5.41) is 0. The Hall–Kier alpha value is -1.74. The molecule has 1 aromatic rings. The molecule has 0 saturated carbocycles. The molecule has 1 aromatic carbocycles. The number of hydrazine groups is 1. The molecule has 0 atom stereocenters. The summed E-state index contributed by atoms with van der Waals surface area (Å²) in [6.07, 6.45) is 3.72. The fraction of sp³-hybridized carbons (Fsp3) is 0.0909. The van der Waals surface area contributed by atoms with Crippen LogP contribution in [0.2, 0.25) is 0 Å². The Morgan fingerprint density at radius 1 is 1.21 bits per heavy atom. The summed E-state index contributed by atoms with van der Waals surface area (Å²) in [7, 11) is 0. The quantitative estimate of drug-likeness (QED) is 0.642. The van der Waals surface area contributed by atoms with Crippen LogP contribution in [0.1, 0.15) is 5.56 Å². The third-order valence-corrected chi connectivity index (χ3v) is 2.43. The summed E-state index contributed by atoms with van der Waals surface area (Å²) in [5.41, 5.74) is 9.72. The van der Waals surface area contributed by atoms with Gasteiger partial charge in [-0.15, -0.1) is 0 Å². The van der Waals surface area contributed by atoms with Crippen LogP contribution in [0.15, 0.2) is 42.2 Å². The molecule has 0 fully saturated rings. The largest absolute Gasteiger partial charge is 0.464 e. The average molecular weight is 186 g/mol. The van der Waals surface area contributed by atoms with Crippen molar-refractivity contribution in [2.75, 3.05) is 6.54 Å². The predicted octanol–water partition coefficient (Wildman–Crippen LogP) is 1.41. The van der Waals surface area contributed by atoms with E-state index in [2.05, 4.69) is 16.9 Å². The van der Waals surface area contributed by atoms with E-state index in [-0.39, 0.29) is 0 Å². The molecule has 0 amide bonds. The monoisotopic (exact) mass is 186 g/mol. The van der Waals surface area contributed by atoms with Crippen LogP contribution in [0.5, 0.6) is 5.75 Å². The molecular formula is C11H10N2O. The zero-order chi connectivity index (χ0) is 9.38. The number of benzene rings is 1. The van der Waals surface area contributed by atoms with Gasteiger partial charge in [-0.05, 0) is 23.8 Å². The van der Waals surface area contributed by atoms with E-state index in [1.54, 1.807) is 6.26 Å². The summed E-state index contributed by atoms with van der Waals surface area (Å²) in [6.45, 7) is 0.837. The van der Waals surface area contributed by atoms with E-state index in [1.165, 1.54) is 5.57 Å². The SMILES string of the molecule is C1=CC2=C(NNC2)c2ccccc2O1. The van der Waals surface area contributed by atoms with Crippen molar-refractivity contribution in [2.45, 2.75) is 0 Å². The number of hydrogen-bond acceptors (Lipinski definition) is 3. The first-order chi connectivity index (χ1) is 6.95. The van der Waals surface area contributed by atoms with Crippen molar-refractivity contribution >= 4 is 5.70 Å². The molecule has 3 heteroatoms. The van der Waals surface area contributed by atoms with Crippen LogP contribution in [-0.2, 0) is 0 Å². The minimum absolute atomic E-state index is 0.837. The lowest BCUT2D eigenvalue weighted by molar-refractivity contribution is 0.479. The second kappa shape index (κ2) is 2.89. The maximum Gasteiger partial charge on any atom is 0.135 e. The van der Waals surface area contributed by atoms with Crippen LogP contribution >= 0.6 is 0 Å². The molecule has 0 saturated heterocycles. The molecule has 2 heterocycles. The molecule has 2 N–H and O–H groups in total. The third kappa shape index (κ3) is 1.03. The molecule has 70 valence electrons. The zero-order valence-corrected chi connectivity index (χ0v) is 7.58. The summed E-state index contributed by atoms with van der Waals surface area (Å²) < 4.78 is 5.49. The smallest absolute Gasteiger partial charge is 0.135 e. The molecule has 3 rings (SSSR count). The van der Waals surface area contributed by atoms with Gasteiger partial charge in [-0.1, -0.05) is 12.1 Å². The molecule has 14 heavy (non-hydrogen) atoms. The topological polar surface area (TPSA) is 33.3 Å². The van der Waals surface area contributed by atoms with Crippen LogP contribution in [0.4, 0.5) is 0 Å². The van der Waals surface area contributed by atoms with E-state index < -0.39 is 0 Å². The van der Waals surface area contributed by atoms with Crippen LogP contribution < -0.4 is 15.6 Å². The number of ether oxygens (including phenoxy) is 1. The highest BCUT2D eigenvalue weighted by Gasteiger charge is 2.18. The van der Waals surface area contributed by atoms with E-state index in [0.717, 1.165) is 23.6 Å². The lowest BCUT2D eigenvalue weighted by Gasteiger charge is -2.08. The molecule has 0 bridgehead atoms. The third-order valence-electron chi connectivity index (χ3n) is 2.43.